The molecule has 0 spiro atoms. The van der Waals surface area contributed by atoms with E-state index in [2.05, 4.69) is 36.1 Å². The van der Waals surface area contributed by atoms with Gasteiger partial charge in [-0.2, -0.15) is 0 Å². The van der Waals surface area contributed by atoms with Crippen molar-refractivity contribution in [3.05, 3.63) is 29.8 Å². The summed E-state index contributed by atoms with van der Waals surface area (Å²) in [7, 11) is 0. The summed E-state index contributed by atoms with van der Waals surface area (Å²) in [4.78, 5) is 2.54. The van der Waals surface area contributed by atoms with Crippen LogP contribution in [0.25, 0.3) is 0 Å². The van der Waals surface area contributed by atoms with E-state index in [0.29, 0.717) is 6.04 Å². The van der Waals surface area contributed by atoms with Crippen molar-refractivity contribution in [1.82, 2.24) is 0 Å². The molecule has 2 atom stereocenters. The average Bonchev–Trinajstić information content (AvgIpc) is 2.54. The van der Waals surface area contributed by atoms with E-state index in [9.17, 15) is 0 Å². The second-order valence-corrected chi connectivity index (χ2v) is 5.27. The van der Waals surface area contributed by atoms with Crippen LogP contribution in [0.5, 0.6) is 0 Å². The Bertz CT molecular complexity index is 342. The highest BCUT2D eigenvalue weighted by Gasteiger charge is 2.17. The maximum atomic E-state index is 5.88. The zero-order valence-electron chi connectivity index (χ0n) is 11.0. The van der Waals surface area contributed by atoms with E-state index < -0.39 is 0 Å². The second kappa shape index (κ2) is 5.54. The van der Waals surface area contributed by atoms with Gasteiger partial charge in [0.15, 0.2) is 0 Å². The number of nitrogens with two attached hydrogens (primary N) is 1. The van der Waals surface area contributed by atoms with E-state index >= 15 is 0 Å². The SMILES string of the molecule is CC1CCCCCN1c1ccc([C@H](C)N)cc1. The first-order valence-corrected chi connectivity index (χ1v) is 6.80. The average molecular weight is 232 g/mol. The summed E-state index contributed by atoms with van der Waals surface area (Å²) in [5, 5.41) is 0. The minimum absolute atomic E-state index is 0.130. The number of benzene rings is 1. The van der Waals surface area contributed by atoms with Crippen LogP contribution in [0.3, 0.4) is 0 Å². The van der Waals surface area contributed by atoms with Gasteiger partial charge in [0.25, 0.3) is 0 Å². The van der Waals surface area contributed by atoms with E-state index in [4.69, 9.17) is 5.73 Å². The van der Waals surface area contributed by atoms with E-state index in [0.717, 1.165) is 0 Å². The first-order chi connectivity index (χ1) is 8.18. The zero-order valence-corrected chi connectivity index (χ0v) is 11.0. The molecular weight excluding hydrogens is 208 g/mol. The molecule has 0 amide bonds. The highest BCUT2D eigenvalue weighted by molar-refractivity contribution is 5.49. The minimum Gasteiger partial charge on any atom is -0.369 e. The van der Waals surface area contributed by atoms with Gasteiger partial charge in [-0.25, -0.2) is 0 Å². The molecule has 1 aliphatic heterocycles. The van der Waals surface area contributed by atoms with Crippen molar-refractivity contribution >= 4 is 5.69 Å². The van der Waals surface area contributed by atoms with E-state index in [1.54, 1.807) is 0 Å². The Morgan fingerprint density at radius 2 is 1.88 bits per heavy atom. The standard InChI is InChI=1S/C15H24N2/c1-12-6-4-3-5-11-17(12)15-9-7-14(8-10-15)13(2)16/h7-10,12-13H,3-6,11,16H2,1-2H3/t12?,13-/m0/s1. The smallest absolute Gasteiger partial charge is 0.0368 e. The Morgan fingerprint density at radius 1 is 1.18 bits per heavy atom. The van der Waals surface area contributed by atoms with Gasteiger partial charge in [-0.15, -0.1) is 0 Å². The van der Waals surface area contributed by atoms with Crippen molar-refractivity contribution in [2.75, 3.05) is 11.4 Å². The van der Waals surface area contributed by atoms with Crippen LogP contribution in [0.2, 0.25) is 0 Å². The van der Waals surface area contributed by atoms with Crippen LogP contribution < -0.4 is 10.6 Å². The fourth-order valence-corrected chi connectivity index (χ4v) is 2.63. The number of rotatable bonds is 2. The van der Waals surface area contributed by atoms with E-state index in [1.807, 2.05) is 6.92 Å². The van der Waals surface area contributed by atoms with Crippen molar-refractivity contribution in [2.45, 2.75) is 51.6 Å². The highest BCUT2D eigenvalue weighted by atomic mass is 15.2. The first-order valence-electron chi connectivity index (χ1n) is 6.80. The molecule has 1 aromatic rings. The molecule has 2 rings (SSSR count). The van der Waals surface area contributed by atoms with Crippen LogP contribution in [0.15, 0.2) is 24.3 Å². The third-order valence-electron chi connectivity index (χ3n) is 3.80. The largest absolute Gasteiger partial charge is 0.369 e. The normalized spacial score (nSPS) is 23.2. The lowest BCUT2D eigenvalue weighted by Crippen LogP contribution is -2.32. The predicted octanol–water partition coefficient (Wildman–Crippen LogP) is 3.48. The molecule has 0 aromatic heterocycles. The zero-order chi connectivity index (χ0) is 12.3. The summed E-state index contributed by atoms with van der Waals surface area (Å²) in [6.07, 6.45) is 5.38. The lowest BCUT2D eigenvalue weighted by Gasteiger charge is -2.29. The monoisotopic (exact) mass is 232 g/mol. The summed E-state index contributed by atoms with van der Waals surface area (Å²) < 4.78 is 0. The number of hydrogen-bond acceptors (Lipinski definition) is 2. The lowest BCUT2D eigenvalue weighted by molar-refractivity contribution is 0.616. The van der Waals surface area contributed by atoms with Gasteiger partial charge < -0.3 is 10.6 Å². The van der Waals surface area contributed by atoms with Crippen molar-refractivity contribution in [3.8, 4) is 0 Å². The minimum atomic E-state index is 0.130. The van der Waals surface area contributed by atoms with Crippen molar-refractivity contribution in [3.63, 3.8) is 0 Å². The van der Waals surface area contributed by atoms with Crippen LogP contribution in [0.1, 0.15) is 51.1 Å². The van der Waals surface area contributed by atoms with Crippen LogP contribution >= 0.6 is 0 Å². The van der Waals surface area contributed by atoms with E-state index in [-0.39, 0.29) is 6.04 Å². The topological polar surface area (TPSA) is 29.3 Å². The summed E-state index contributed by atoms with van der Waals surface area (Å²) >= 11 is 0. The fourth-order valence-electron chi connectivity index (χ4n) is 2.63. The van der Waals surface area contributed by atoms with Crippen molar-refractivity contribution < 1.29 is 0 Å². The maximum absolute atomic E-state index is 5.88. The Morgan fingerprint density at radius 3 is 2.53 bits per heavy atom. The molecule has 94 valence electrons. The lowest BCUT2D eigenvalue weighted by atomic mass is 10.1. The molecule has 0 saturated carbocycles. The van der Waals surface area contributed by atoms with Crippen molar-refractivity contribution in [2.24, 2.45) is 5.73 Å². The van der Waals surface area contributed by atoms with Crippen LogP contribution in [-0.2, 0) is 0 Å². The molecule has 1 unspecified atom stereocenters. The molecule has 0 radical (unpaired) electrons. The predicted molar refractivity (Wildman–Crippen MR) is 74.3 cm³/mol. The third kappa shape index (κ3) is 3.01. The molecule has 0 bridgehead atoms. The molecule has 1 fully saturated rings. The Kier molecular flexibility index (Phi) is 4.06. The summed E-state index contributed by atoms with van der Waals surface area (Å²) in [6.45, 7) is 5.56. The van der Waals surface area contributed by atoms with Crippen LogP contribution in [0, 0.1) is 0 Å². The van der Waals surface area contributed by atoms with Gasteiger partial charge in [0.1, 0.15) is 0 Å². The molecule has 0 aliphatic carbocycles. The molecule has 2 nitrogen and oxygen atoms in total. The van der Waals surface area contributed by atoms with Crippen LogP contribution in [0.4, 0.5) is 5.69 Å². The van der Waals surface area contributed by atoms with Crippen LogP contribution in [-0.4, -0.2) is 12.6 Å². The second-order valence-electron chi connectivity index (χ2n) is 5.27. The summed E-state index contributed by atoms with van der Waals surface area (Å²) in [6, 6.07) is 9.57. The molecule has 2 heteroatoms. The van der Waals surface area contributed by atoms with Gasteiger partial charge in [-0.3, -0.25) is 0 Å². The quantitative estimate of drug-likeness (QED) is 0.846. The van der Waals surface area contributed by atoms with Gasteiger partial charge in [-0.1, -0.05) is 25.0 Å². The number of anilines is 1. The third-order valence-corrected chi connectivity index (χ3v) is 3.80. The molecule has 2 N–H and O–H groups in total. The van der Waals surface area contributed by atoms with Gasteiger partial charge in [0.2, 0.25) is 0 Å². The molecule has 1 aliphatic rings. The summed E-state index contributed by atoms with van der Waals surface area (Å²) in [5.41, 5.74) is 8.45. The number of nitrogens with zero attached hydrogens (tertiary/aromatic N) is 1. The summed E-state index contributed by atoms with van der Waals surface area (Å²) in [5.74, 6) is 0. The Hall–Kier alpha value is -1.02. The molecular formula is C15H24N2. The molecule has 1 aromatic carbocycles. The first kappa shape index (κ1) is 12.4. The molecule has 1 saturated heterocycles. The van der Waals surface area contributed by atoms with Gasteiger partial charge >= 0.3 is 0 Å². The molecule has 1 heterocycles. The Balaban J connectivity index is 2.14. The van der Waals surface area contributed by atoms with Crippen molar-refractivity contribution in [1.29, 1.82) is 0 Å². The fraction of sp³-hybridized carbons (Fsp3) is 0.600. The van der Waals surface area contributed by atoms with Gasteiger partial charge in [0.05, 0.1) is 0 Å². The van der Waals surface area contributed by atoms with Gasteiger partial charge in [-0.05, 0) is 44.4 Å². The Labute approximate surface area is 105 Å². The van der Waals surface area contributed by atoms with E-state index in [1.165, 1.54) is 43.5 Å². The van der Waals surface area contributed by atoms with Gasteiger partial charge in [0, 0.05) is 24.3 Å². The maximum Gasteiger partial charge on any atom is 0.0368 e. The highest BCUT2D eigenvalue weighted by Crippen LogP contribution is 2.25. The molecule has 17 heavy (non-hydrogen) atoms. The number of hydrogen-bond donors (Lipinski definition) is 1.